The third kappa shape index (κ3) is 1.47. The molecule has 0 unspecified atom stereocenters. The van der Waals surface area contributed by atoms with Gasteiger partial charge in [0.2, 0.25) is 0 Å². The molecule has 66 valence electrons. The van der Waals surface area contributed by atoms with Crippen LogP contribution in [0.3, 0.4) is 0 Å². The van der Waals surface area contributed by atoms with Crippen LogP contribution in [0.5, 0.6) is 0 Å². The van der Waals surface area contributed by atoms with Gasteiger partial charge in [-0.25, -0.2) is 0 Å². The van der Waals surface area contributed by atoms with E-state index in [0.29, 0.717) is 0 Å². The molecule has 0 saturated heterocycles. The summed E-state index contributed by atoms with van der Waals surface area (Å²) in [6.07, 6.45) is 0. The van der Waals surface area contributed by atoms with E-state index in [1.807, 2.05) is 31.2 Å². The average Bonchev–Trinajstić information content (AvgIpc) is 2.53. The fourth-order valence-electron chi connectivity index (χ4n) is 1.35. The predicted octanol–water partition coefficient (Wildman–Crippen LogP) is 2.96. The van der Waals surface area contributed by atoms with E-state index < -0.39 is 0 Å². The molecule has 0 saturated carbocycles. The summed E-state index contributed by atoms with van der Waals surface area (Å²) in [5, 5.41) is 3.97. The lowest BCUT2D eigenvalue weighted by Gasteiger charge is -1.98. The van der Waals surface area contributed by atoms with Crippen LogP contribution in [0.2, 0.25) is 0 Å². The Bertz CT molecular complexity index is 418. The van der Waals surface area contributed by atoms with E-state index >= 15 is 0 Å². The molecule has 0 bridgehead atoms. The third-order valence-corrected chi connectivity index (χ3v) is 2.05. The molecule has 2 aromatic rings. The molecule has 0 atom stereocenters. The highest BCUT2D eigenvalue weighted by molar-refractivity contribution is 5.62. The van der Waals surface area contributed by atoms with Crippen molar-refractivity contribution in [3.8, 4) is 11.3 Å². The molecule has 1 aromatic carbocycles. The van der Waals surface area contributed by atoms with Gasteiger partial charge in [0.1, 0.15) is 11.5 Å². The van der Waals surface area contributed by atoms with Crippen LogP contribution in [0.15, 0.2) is 34.9 Å². The first-order valence-electron chi connectivity index (χ1n) is 4.27. The highest BCUT2D eigenvalue weighted by Crippen LogP contribution is 2.21. The van der Waals surface area contributed by atoms with Gasteiger partial charge in [-0.1, -0.05) is 29.4 Å². The van der Waals surface area contributed by atoms with Gasteiger partial charge in [0.25, 0.3) is 0 Å². The van der Waals surface area contributed by atoms with Crippen LogP contribution in [0.1, 0.15) is 11.3 Å². The van der Waals surface area contributed by atoms with Gasteiger partial charge >= 0.3 is 0 Å². The summed E-state index contributed by atoms with van der Waals surface area (Å²) in [4.78, 5) is 0. The SMILES string of the molecule is Cc1cc(-c2ccccc2C)no1. The Balaban J connectivity index is 2.52. The second-order valence-corrected chi connectivity index (χ2v) is 3.14. The van der Waals surface area contributed by atoms with Gasteiger partial charge in [0.05, 0.1) is 0 Å². The molecule has 2 rings (SSSR count). The normalized spacial score (nSPS) is 10.3. The first-order valence-corrected chi connectivity index (χ1v) is 4.27. The fraction of sp³-hybridized carbons (Fsp3) is 0.182. The second kappa shape index (κ2) is 3.05. The molecule has 0 aliphatic rings. The molecule has 0 fully saturated rings. The van der Waals surface area contributed by atoms with E-state index in [4.69, 9.17) is 4.52 Å². The largest absolute Gasteiger partial charge is 0.361 e. The summed E-state index contributed by atoms with van der Waals surface area (Å²) in [6, 6.07) is 10.1. The standard InChI is InChI=1S/C11H11NO/c1-8-5-3-4-6-10(8)11-7-9(2)13-12-11/h3-7H,1-2H3. The van der Waals surface area contributed by atoms with Crippen molar-refractivity contribution in [1.82, 2.24) is 5.16 Å². The highest BCUT2D eigenvalue weighted by Gasteiger charge is 2.04. The minimum absolute atomic E-state index is 0.846. The van der Waals surface area contributed by atoms with Gasteiger partial charge < -0.3 is 4.52 Å². The third-order valence-electron chi connectivity index (χ3n) is 2.05. The van der Waals surface area contributed by atoms with Crippen molar-refractivity contribution in [2.75, 3.05) is 0 Å². The van der Waals surface area contributed by atoms with E-state index in [9.17, 15) is 0 Å². The molecule has 0 aliphatic carbocycles. The molecular weight excluding hydrogens is 162 g/mol. The highest BCUT2D eigenvalue weighted by atomic mass is 16.5. The molecule has 0 radical (unpaired) electrons. The molecule has 0 amide bonds. The minimum Gasteiger partial charge on any atom is -0.361 e. The van der Waals surface area contributed by atoms with Crippen LogP contribution in [-0.4, -0.2) is 5.16 Å². The zero-order valence-electron chi connectivity index (χ0n) is 7.74. The van der Waals surface area contributed by atoms with Crippen molar-refractivity contribution >= 4 is 0 Å². The summed E-state index contributed by atoms with van der Waals surface area (Å²) < 4.78 is 5.02. The Labute approximate surface area is 77.2 Å². The molecule has 1 heterocycles. The van der Waals surface area contributed by atoms with Gasteiger partial charge in [-0.05, 0) is 19.4 Å². The van der Waals surface area contributed by atoms with Crippen LogP contribution in [0.4, 0.5) is 0 Å². The van der Waals surface area contributed by atoms with Crippen molar-refractivity contribution in [3.63, 3.8) is 0 Å². The summed E-state index contributed by atoms with van der Waals surface area (Å²) in [6.45, 7) is 3.97. The Hall–Kier alpha value is -1.57. The summed E-state index contributed by atoms with van der Waals surface area (Å²) in [5.41, 5.74) is 3.27. The number of aromatic nitrogens is 1. The van der Waals surface area contributed by atoms with Crippen LogP contribution in [0.25, 0.3) is 11.3 Å². The number of benzene rings is 1. The van der Waals surface area contributed by atoms with E-state index in [0.717, 1.165) is 17.0 Å². The second-order valence-electron chi connectivity index (χ2n) is 3.14. The van der Waals surface area contributed by atoms with Gasteiger partial charge in [0.15, 0.2) is 0 Å². The molecule has 0 aliphatic heterocycles. The van der Waals surface area contributed by atoms with E-state index in [-0.39, 0.29) is 0 Å². The maximum absolute atomic E-state index is 5.02. The molecule has 2 nitrogen and oxygen atoms in total. The van der Waals surface area contributed by atoms with Crippen LogP contribution >= 0.6 is 0 Å². The van der Waals surface area contributed by atoms with Gasteiger partial charge in [-0.3, -0.25) is 0 Å². The summed E-state index contributed by atoms with van der Waals surface area (Å²) in [7, 11) is 0. The van der Waals surface area contributed by atoms with Crippen molar-refractivity contribution in [3.05, 3.63) is 41.7 Å². The number of aryl methyl sites for hydroxylation is 2. The average molecular weight is 173 g/mol. The quantitative estimate of drug-likeness (QED) is 0.662. The Morgan fingerprint density at radius 2 is 1.92 bits per heavy atom. The number of nitrogens with zero attached hydrogens (tertiary/aromatic N) is 1. The molecule has 0 N–H and O–H groups in total. The van der Waals surface area contributed by atoms with Crippen molar-refractivity contribution in [1.29, 1.82) is 0 Å². The number of rotatable bonds is 1. The summed E-state index contributed by atoms with van der Waals surface area (Å²) in [5.74, 6) is 0.846. The minimum atomic E-state index is 0.846. The zero-order chi connectivity index (χ0) is 9.26. The Morgan fingerprint density at radius 1 is 1.15 bits per heavy atom. The van der Waals surface area contributed by atoms with Gasteiger partial charge in [-0.2, -0.15) is 0 Å². The first kappa shape index (κ1) is 8.05. The van der Waals surface area contributed by atoms with Crippen molar-refractivity contribution in [2.45, 2.75) is 13.8 Å². The lowest BCUT2D eigenvalue weighted by Crippen LogP contribution is -1.80. The van der Waals surface area contributed by atoms with E-state index in [1.54, 1.807) is 0 Å². The monoisotopic (exact) mass is 173 g/mol. The fourth-order valence-corrected chi connectivity index (χ4v) is 1.35. The molecule has 1 aromatic heterocycles. The van der Waals surface area contributed by atoms with Crippen molar-refractivity contribution < 1.29 is 4.52 Å². The van der Waals surface area contributed by atoms with Gasteiger partial charge in [-0.15, -0.1) is 0 Å². The lowest BCUT2D eigenvalue weighted by atomic mass is 10.1. The Morgan fingerprint density at radius 3 is 2.54 bits per heavy atom. The molecular formula is C11H11NO. The van der Waals surface area contributed by atoms with Crippen LogP contribution in [0, 0.1) is 13.8 Å². The number of hydrogen-bond donors (Lipinski definition) is 0. The predicted molar refractivity (Wildman–Crippen MR) is 51.4 cm³/mol. The first-order chi connectivity index (χ1) is 6.27. The van der Waals surface area contributed by atoms with Crippen LogP contribution < -0.4 is 0 Å². The molecule has 0 spiro atoms. The van der Waals surface area contributed by atoms with Gasteiger partial charge in [0, 0.05) is 11.6 Å². The van der Waals surface area contributed by atoms with E-state index in [1.165, 1.54) is 5.56 Å². The topological polar surface area (TPSA) is 26.0 Å². The maximum atomic E-state index is 5.02. The Kier molecular flexibility index (Phi) is 1.89. The summed E-state index contributed by atoms with van der Waals surface area (Å²) >= 11 is 0. The number of hydrogen-bond acceptors (Lipinski definition) is 2. The smallest absolute Gasteiger partial charge is 0.134 e. The molecule has 13 heavy (non-hydrogen) atoms. The van der Waals surface area contributed by atoms with Crippen LogP contribution in [-0.2, 0) is 0 Å². The van der Waals surface area contributed by atoms with E-state index in [2.05, 4.69) is 18.1 Å². The van der Waals surface area contributed by atoms with Crippen molar-refractivity contribution in [2.24, 2.45) is 0 Å². The maximum Gasteiger partial charge on any atom is 0.134 e. The lowest BCUT2D eigenvalue weighted by molar-refractivity contribution is 0.399. The molecule has 2 heteroatoms. The zero-order valence-corrected chi connectivity index (χ0v) is 7.74.